The third-order valence-electron chi connectivity index (χ3n) is 8.57. The monoisotopic (exact) mass is 1150 g/mol. The molecule has 1 heterocycles. The number of aromatic nitrogens is 3. The molecule has 0 unspecified atom stereocenters. The first kappa shape index (κ1) is 66.1. The van der Waals surface area contributed by atoms with E-state index in [2.05, 4.69) is 58.9 Å². The Morgan fingerprint density at radius 3 is 1.53 bits per heavy atom. The van der Waals surface area contributed by atoms with E-state index in [4.69, 9.17) is 0 Å². The summed E-state index contributed by atoms with van der Waals surface area (Å²) in [5.41, 5.74) is 0.295. The molecule has 0 fully saturated rings. The fraction of sp³-hybridized carbons (Fsp3) is 0.114. The molecular weight excluding hydrogens is 1120 g/mol. The van der Waals surface area contributed by atoms with Gasteiger partial charge in [0.25, 0.3) is 0 Å². The van der Waals surface area contributed by atoms with E-state index in [1.165, 1.54) is 60.7 Å². The number of fused-ring (bicyclic) bond motifs is 1. The van der Waals surface area contributed by atoms with Crippen LogP contribution in [0.1, 0.15) is 0 Å². The van der Waals surface area contributed by atoms with Crippen molar-refractivity contribution >= 4 is 120 Å². The summed E-state index contributed by atoms with van der Waals surface area (Å²) in [6, 6.07) is 20.3. The first-order valence-corrected chi connectivity index (χ1v) is 26.3. The molecule has 4 N–H and O–H groups in total. The van der Waals surface area contributed by atoms with Crippen LogP contribution in [0.2, 0.25) is 0 Å². The van der Waals surface area contributed by atoms with Crippen LogP contribution in [0.5, 0.6) is 5.75 Å². The number of anilines is 6. The molecule has 0 aliphatic rings. The molecule has 0 saturated carbocycles. The molecule has 5 aromatic carbocycles. The van der Waals surface area contributed by atoms with Gasteiger partial charge in [-0.25, -0.2) is 42.1 Å². The van der Waals surface area contributed by atoms with Gasteiger partial charge >= 0.3 is 118 Å². The van der Waals surface area contributed by atoms with Gasteiger partial charge in [-0.2, -0.15) is 24.4 Å². The van der Waals surface area contributed by atoms with Crippen molar-refractivity contribution in [3.63, 3.8) is 0 Å². The number of hydrogen-bond acceptors (Lipinski definition) is 28. The molecule has 1 aromatic heterocycles. The molecular formula is C35H28N8Na4O19S6. The number of sulfone groups is 2. The molecule has 0 saturated heterocycles. The van der Waals surface area contributed by atoms with Gasteiger partial charge in [0.15, 0.2) is 25.4 Å². The minimum atomic E-state index is -5.13. The maximum atomic E-state index is 12.7. The number of azo groups is 1. The predicted octanol–water partition coefficient (Wildman–Crippen LogP) is -8.97. The summed E-state index contributed by atoms with van der Waals surface area (Å²) in [4.78, 5) is 11.9. The van der Waals surface area contributed by atoms with E-state index in [0.29, 0.717) is 17.4 Å². The van der Waals surface area contributed by atoms with Crippen molar-refractivity contribution in [3.05, 3.63) is 97.1 Å². The van der Waals surface area contributed by atoms with Gasteiger partial charge < -0.3 is 40.0 Å². The average molecular weight is 1150 g/mol. The SMILES string of the molecule is O=S(=O)([O-])OCCS(=O)(=O)c1ccc(N=Nc2c(SOO[O-])cc3ccc(Nc4nc(Nc5ccc(S(=O)(=O)CCOS(=O)(=O)[O-])cc5)nc(Nc5cccc(S(=O)(=O)[O-])c5)n4)cc3c2O)cc1.[Na+].[Na+].[Na+].[Na+]. The van der Waals surface area contributed by atoms with Gasteiger partial charge in [-0.1, -0.05) is 12.1 Å². The fourth-order valence-corrected chi connectivity index (χ4v) is 9.56. The quantitative estimate of drug-likeness (QED) is 0.00933. The maximum absolute atomic E-state index is 12.7. The Morgan fingerprint density at radius 1 is 0.569 bits per heavy atom. The van der Waals surface area contributed by atoms with Crippen molar-refractivity contribution in [2.24, 2.45) is 10.2 Å². The number of benzene rings is 5. The van der Waals surface area contributed by atoms with Crippen LogP contribution in [0.4, 0.5) is 46.3 Å². The van der Waals surface area contributed by atoms with Crippen LogP contribution in [0.15, 0.2) is 127 Å². The molecule has 72 heavy (non-hydrogen) atoms. The van der Waals surface area contributed by atoms with Gasteiger partial charge in [0, 0.05) is 22.4 Å². The third-order valence-corrected chi connectivity index (χ3v) is 14.3. The van der Waals surface area contributed by atoms with E-state index >= 15 is 0 Å². The van der Waals surface area contributed by atoms with Gasteiger partial charge in [-0.3, -0.25) is 13.4 Å². The molecule has 0 amide bonds. The minimum Gasteiger partial charge on any atom is -0.744 e. The molecule has 0 aliphatic carbocycles. The Labute approximate surface area is 503 Å². The van der Waals surface area contributed by atoms with Crippen molar-refractivity contribution in [1.29, 1.82) is 0 Å². The minimum absolute atomic E-state index is 0. The van der Waals surface area contributed by atoms with Crippen LogP contribution in [0.25, 0.3) is 10.8 Å². The van der Waals surface area contributed by atoms with Crippen molar-refractivity contribution < 1.29 is 202 Å². The Morgan fingerprint density at radius 2 is 1.04 bits per heavy atom. The van der Waals surface area contributed by atoms with Crippen molar-refractivity contribution in [1.82, 2.24) is 15.0 Å². The predicted molar refractivity (Wildman–Crippen MR) is 230 cm³/mol. The summed E-state index contributed by atoms with van der Waals surface area (Å²) >= 11 is 0.368. The van der Waals surface area contributed by atoms with Crippen molar-refractivity contribution in [2.45, 2.75) is 19.6 Å². The molecule has 0 aliphatic heterocycles. The molecule has 0 bridgehead atoms. The standard InChI is InChI=1S/C35H32N8O19S6.4Na/c44-32-29-20-25(5-4-21(29)18-30(63-62-61-45)31(32)43-42-23-8-12-27(13-9-23)65(48,49)17-15-60-68(56,57)58)38-35-40-33(39-34(41-35)37-24-2-1-3-28(19-24)66(50,51)52)36-22-6-10-26(11-7-22)64(46,47)16-14-59-67(53,54)55;;;;/h1-13,18-20,44-45H,14-17H2,(H,50,51,52)(H,53,54,55)(H,56,57,58)(H3,36,37,38,39,40,41);;;;/q;4*+1/p-4. The van der Waals surface area contributed by atoms with E-state index in [1.807, 2.05) is 0 Å². The second-order valence-electron chi connectivity index (χ2n) is 13.2. The summed E-state index contributed by atoms with van der Waals surface area (Å²) in [6.45, 7) is -1.83. The largest absolute Gasteiger partial charge is 1.00 e. The van der Waals surface area contributed by atoms with Crippen LogP contribution in [-0.2, 0) is 68.3 Å². The molecule has 27 nitrogen and oxygen atoms in total. The van der Waals surface area contributed by atoms with Crippen LogP contribution < -0.4 is 139 Å². The molecule has 6 rings (SSSR count). The van der Waals surface area contributed by atoms with Crippen molar-refractivity contribution in [2.75, 3.05) is 40.7 Å². The molecule has 362 valence electrons. The zero-order valence-electron chi connectivity index (χ0n) is 37.5. The summed E-state index contributed by atoms with van der Waals surface area (Å²) in [5, 5.41) is 42.8. The first-order chi connectivity index (χ1) is 31.9. The van der Waals surface area contributed by atoms with Crippen LogP contribution in [0.3, 0.4) is 0 Å². The van der Waals surface area contributed by atoms with Crippen LogP contribution >= 0.6 is 12.0 Å². The summed E-state index contributed by atoms with van der Waals surface area (Å²) in [7, 11) is -23.3. The van der Waals surface area contributed by atoms with E-state index < -0.39 is 86.0 Å². The number of phenols is 1. The normalized spacial score (nSPS) is 11.9. The Bertz CT molecular complexity index is 3470. The Balaban J connectivity index is 0.00000444. The Hall–Kier alpha value is -2.05. The van der Waals surface area contributed by atoms with Gasteiger partial charge in [-0.15, -0.1) is 5.11 Å². The average Bonchev–Trinajstić information content (AvgIpc) is 3.24. The number of nitrogens with zero attached hydrogens (tertiary/aromatic N) is 5. The Kier molecular flexibility index (Phi) is 26.0. The van der Waals surface area contributed by atoms with Crippen LogP contribution in [-0.4, -0.2) is 101 Å². The van der Waals surface area contributed by atoms with E-state index in [1.54, 1.807) is 0 Å². The number of rotatable bonds is 22. The van der Waals surface area contributed by atoms with Gasteiger partial charge in [0.1, 0.15) is 15.8 Å². The third kappa shape index (κ3) is 19.8. The van der Waals surface area contributed by atoms with E-state index in [-0.39, 0.29) is 185 Å². The molecule has 37 heteroatoms. The second kappa shape index (κ2) is 28.4. The van der Waals surface area contributed by atoms with E-state index in [9.17, 15) is 66.1 Å². The molecule has 6 aromatic rings. The van der Waals surface area contributed by atoms with Gasteiger partial charge in [-0.05, 0) is 90.3 Å². The molecule has 0 atom stereocenters. The summed E-state index contributed by atoms with van der Waals surface area (Å²) in [5.74, 6) is -2.77. The number of nitrogens with one attached hydrogen (secondary N) is 3. The first-order valence-electron chi connectivity index (χ1n) is 18.2. The second-order valence-corrected chi connectivity index (χ2v) is 21.7. The van der Waals surface area contributed by atoms with Gasteiger partial charge in [0.05, 0.1) is 62.0 Å². The van der Waals surface area contributed by atoms with Crippen molar-refractivity contribution in [3.8, 4) is 5.75 Å². The van der Waals surface area contributed by atoms with E-state index in [0.717, 1.165) is 36.4 Å². The number of phenolic OH excluding ortho intramolecular Hbond substituents is 1. The van der Waals surface area contributed by atoms with Crippen LogP contribution in [0, 0.1) is 0 Å². The smallest absolute Gasteiger partial charge is 0.744 e. The molecule has 0 spiro atoms. The zero-order chi connectivity index (χ0) is 49.5. The topological polar surface area (TPSA) is 420 Å². The van der Waals surface area contributed by atoms with Gasteiger partial charge in [0.2, 0.25) is 38.6 Å². The fourth-order valence-electron chi connectivity index (χ4n) is 5.59. The maximum Gasteiger partial charge on any atom is 1.00 e. The summed E-state index contributed by atoms with van der Waals surface area (Å²) in [6.07, 6.45) is 0. The zero-order valence-corrected chi connectivity index (χ0v) is 50.4. The number of aromatic hydroxyl groups is 1. The summed E-state index contributed by atoms with van der Waals surface area (Å²) < 4.78 is 162. The molecule has 0 radical (unpaired) electrons. The number of hydrogen-bond donors (Lipinski definition) is 4.